The number of aryl methyl sites for hydroxylation is 1. The van der Waals surface area contributed by atoms with E-state index in [1.165, 1.54) is 19.6 Å². The molecule has 3 nitrogen and oxygen atoms in total. The van der Waals surface area contributed by atoms with E-state index in [1.807, 2.05) is 11.7 Å². The number of hydrogen-bond acceptors (Lipinski definition) is 2. The Hall–Kier alpha value is -1.44. The van der Waals surface area contributed by atoms with Gasteiger partial charge in [0.2, 0.25) is 0 Å². The normalized spacial score (nSPS) is 12.9. The summed E-state index contributed by atoms with van der Waals surface area (Å²) in [6.45, 7) is 14.4. The first-order valence-electron chi connectivity index (χ1n) is 10.9. The van der Waals surface area contributed by atoms with Crippen molar-refractivity contribution in [3.05, 3.63) is 75.6 Å². The molecule has 0 radical (unpaired) electrons. The number of benzene rings is 2. The molecule has 166 valence electrons. The van der Waals surface area contributed by atoms with Crippen LogP contribution in [0.25, 0.3) is 0 Å². The smallest absolute Gasteiger partial charge is 0.261 e. The maximum absolute atomic E-state index is 7.18. The Morgan fingerprint density at radius 2 is 1.39 bits per heavy atom. The van der Waals surface area contributed by atoms with E-state index in [-0.39, 0.29) is 10.5 Å². The molecule has 0 aliphatic heterocycles. The monoisotopic (exact) mass is 546 g/mol. The van der Waals surface area contributed by atoms with Gasteiger partial charge < -0.3 is 4.43 Å². The van der Waals surface area contributed by atoms with Crippen molar-refractivity contribution < 1.29 is 4.43 Å². The van der Waals surface area contributed by atoms with E-state index >= 15 is 0 Å². The maximum Gasteiger partial charge on any atom is 0.261 e. The fraction of sp³-hybridized carbons (Fsp3) is 0.423. The minimum absolute atomic E-state index is 0.0121. The summed E-state index contributed by atoms with van der Waals surface area (Å²) in [6.07, 6.45) is 0.894. The van der Waals surface area contributed by atoms with Crippen LogP contribution in [0, 0.1) is 15.9 Å². The van der Waals surface area contributed by atoms with E-state index in [9.17, 15) is 0 Å². The first kappa shape index (κ1) is 24.2. The fourth-order valence-electron chi connectivity index (χ4n) is 4.33. The van der Waals surface area contributed by atoms with Gasteiger partial charge in [-0.25, -0.2) is 0 Å². The third-order valence-electron chi connectivity index (χ3n) is 6.07. The van der Waals surface area contributed by atoms with Gasteiger partial charge in [-0.2, -0.15) is 5.10 Å². The van der Waals surface area contributed by atoms with Crippen LogP contribution in [0.4, 0.5) is 0 Å². The van der Waals surface area contributed by atoms with Crippen LogP contribution in [0.2, 0.25) is 5.04 Å². The standard InChI is InChI=1S/C26H35IN2OSi/c1-20-24(27)23(28-29(20)7)18-26(5,6)19-30-31(25(2,3)4,21-14-10-8-11-15-21)22-16-12-9-13-17-22/h8-17H,18-19H2,1-7H3. The van der Waals surface area contributed by atoms with Crippen LogP contribution < -0.4 is 10.4 Å². The molecule has 0 N–H and O–H groups in total. The summed E-state index contributed by atoms with van der Waals surface area (Å²) < 4.78 is 10.4. The highest BCUT2D eigenvalue weighted by molar-refractivity contribution is 14.1. The van der Waals surface area contributed by atoms with Crippen LogP contribution in [-0.2, 0) is 17.9 Å². The van der Waals surface area contributed by atoms with E-state index < -0.39 is 8.32 Å². The highest BCUT2D eigenvalue weighted by atomic mass is 127. The Kier molecular flexibility index (Phi) is 7.18. The minimum Gasteiger partial charge on any atom is -0.407 e. The van der Waals surface area contributed by atoms with Crippen molar-refractivity contribution >= 4 is 41.3 Å². The van der Waals surface area contributed by atoms with E-state index in [2.05, 4.69) is 125 Å². The topological polar surface area (TPSA) is 27.1 Å². The molecule has 0 unspecified atom stereocenters. The molecule has 5 heteroatoms. The molecular formula is C26H35IN2OSi. The third kappa shape index (κ3) is 4.99. The summed E-state index contributed by atoms with van der Waals surface area (Å²) >= 11 is 2.43. The summed E-state index contributed by atoms with van der Waals surface area (Å²) in [5.74, 6) is 0. The molecule has 1 heterocycles. The SMILES string of the molecule is Cc1c(I)c(CC(C)(C)CO[Si](c2ccccc2)(c2ccccc2)C(C)(C)C)nn1C. The summed E-state index contributed by atoms with van der Waals surface area (Å²) in [5, 5.41) is 7.41. The molecule has 0 aliphatic rings. The van der Waals surface area contributed by atoms with Crippen LogP contribution in [0.3, 0.4) is 0 Å². The molecule has 3 aromatic rings. The second-order valence-corrected chi connectivity index (χ2v) is 15.6. The predicted octanol–water partition coefficient (Wildman–Crippen LogP) is 5.48. The molecular weight excluding hydrogens is 511 g/mol. The zero-order valence-corrected chi connectivity index (χ0v) is 23.0. The third-order valence-corrected chi connectivity index (χ3v) is 12.5. The quantitative estimate of drug-likeness (QED) is 0.290. The van der Waals surface area contributed by atoms with Crippen LogP contribution >= 0.6 is 22.6 Å². The molecule has 0 atom stereocenters. The molecule has 0 spiro atoms. The van der Waals surface area contributed by atoms with Gasteiger partial charge in [-0.05, 0) is 56.8 Å². The lowest BCUT2D eigenvalue weighted by Gasteiger charge is -2.44. The van der Waals surface area contributed by atoms with Gasteiger partial charge in [0.1, 0.15) is 0 Å². The number of hydrogen-bond donors (Lipinski definition) is 0. The highest BCUT2D eigenvalue weighted by Gasteiger charge is 2.50. The van der Waals surface area contributed by atoms with Crippen molar-refractivity contribution in [2.75, 3.05) is 6.61 Å². The maximum atomic E-state index is 7.18. The van der Waals surface area contributed by atoms with E-state index in [4.69, 9.17) is 9.52 Å². The van der Waals surface area contributed by atoms with Gasteiger partial charge in [-0.3, -0.25) is 4.68 Å². The summed E-state index contributed by atoms with van der Waals surface area (Å²) in [7, 11) is -0.502. The van der Waals surface area contributed by atoms with Gasteiger partial charge in [-0.15, -0.1) is 0 Å². The second kappa shape index (κ2) is 9.20. The molecule has 0 saturated heterocycles. The van der Waals surface area contributed by atoms with E-state index in [0.717, 1.165) is 12.1 Å². The molecule has 31 heavy (non-hydrogen) atoms. The molecule has 0 bridgehead atoms. The molecule has 0 saturated carbocycles. The van der Waals surface area contributed by atoms with Crippen molar-refractivity contribution in [2.45, 2.75) is 53.0 Å². The molecule has 1 aromatic heterocycles. The molecule has 2 aromatic carbocycles. The lowest BCUT2D eigenvalue weighted by Crippen LogP contribution is -2.67. The zero-order chi connectivity index (χ0) is 22.9. The lowest BCUT2D eigenvalue weighted by molar-refractivity contribution is 0.168. The second-order valence-electron chi connectivity index (χ2n) is 10.3. The van der Waals surface area contributed by atoms with Crippen LogP contribution in [0.5, 0.6) is 0 Å². The molecule has 0 amide bonds. The Morgan fingerprint density at radius 1 is 0.903 bits per heavy atom. The largest absolute Gasteiger partial charge is 0.407 e. The predicted molar refractivity (Wildman–Crippen MR) is 142 cm³/mol. The Bertz CT molecular complexity index is 968. The summed E-state index contributed by atoms with van der Waals surface area (Å²) in [5.41, 5.74) is 2.35. The van der Waals surface area contributed by atoms with Gasteiger partial charge in [0.05, 0.1) is 9.26 Å². The van der Waals surface area contributed by atoms with Gasteiger partial charge in [-0.1, -0.05) is 95.3 Å². The van der Waals surface area contributed by atoms with Crippen molar-refractivity contribution in [3.8, 4) is 0 Å². The first-order valence-corrected chi connectivity index (χ1v) is 13.9. The van der Waals surface area contributed by atoms with Gasteiger partial charge in [0.25, 0.3) is 8.32 Å². The van der Waals surface area contributed by atoms with Gasteiger partial charge in [0, 0.05) is 19.3 Å². The number of nitrogens with zero attached hydrogens (tertiary/aromatic N) is 2. The van der Waals surface area contributed by atoms with E-state index in [0.29, 0.717) is 6.61 Å². The average Bonchev–Trinajstić information content (AvgIpc) is 2.95. The minimum atomic E-state index is -2.52. The van der Waals surface area contributed by atoms with Crippen LogP contribution in [0.15, 0.2) is 60.7 Å². The van der Waals surface area contributed by atoms with Crippen molar-refractivity contribution in [2.24, 2.45) is 12.5 Å². The van der Waals surface area contributed by atoms with Gasteiger partial charge in [0.15, 0.2) is 0 Å². The lowest BCUT2D eigenvalue weighted by atomic mass is 9.89. The van der Waals surface area contributed by atoms with Crippen molar-refractivity contribution in [3.63, 3.8) is 0 Å². The number of rotatable bonds is 7. The van der Waals surface area contributed by atoms with Crippen molar-refractivity contribution in [1.82, 2.24) is 9.78 Å². The number of halogens is 1. The highest BCUT2D eigenvalue weighted by Crippen LogP contribution is 2.38. The summed E-state index contributed by atoms with van der Waals surface area (Å²) in [4.78, 5) is 0. The summed E-state index contributed by atoms with van der Waals surface area (Å²) in [6, 6.07) is 21.7. The number of aromatic nitrogens is 2. The fourth-order valence-corrected chi connectivity index (χ4v) is 9.74. The van der Waals surface area contributed by atoms with Crippen LogP contribution in [0.1, 0.15) is 46.0 Å². The molecule has 0 aliphatic carbocycles. The first-order chi connectivity index (χ1) is 14.5. The molecule has 0 fully saturated rings. The Labute approximate surface area is 202 Å². The van der Waals surface area contributed by atoms with Crippen molar-refractivity contribution in [1.29, 1.82) is 0 Å². The van der Waals surface area contributed by atoms with E-state index in [1.54, 1.807) is 0 Å². The van der Waals surface area contributed by atoms with Crippen LogP contribution in [-0.4, -0.2) is 24.7 Å². The Morgan fingerprint density at radius 3 is 1.77 bits per heavy atom. The van der Waals surface area contributed by atoms with Gasteiger partial charge >= 0.3 is 0 Å². The zero-order valence-electron chi connectivity index (χ0n) is 19.9. The Balaban J connectivity index is 2.00. The molecule has 3 rings (SSSR count). The average molecular weight is 547 g/mol.